The third-order valence-corrected chi connectivity index (χ3v) is 6.26. The van der Waals surface area contributed by atoms with Crippen LogP contribution in [0.1, 0.15) is 21.7 Å². The lowest BCUT2D eigenvalue weighted by Crippen LogP contribution is -2.16. The number of hydrogen-bond acceptors (Lipinski definition) is 4. The van der Waals surface area contributed by atoms with Crippen LogP contribution in [-0.4, -0.2) is 12.1 Å². The number of carbonyl (C=O) groups is 1. The molecule has 168 valence electrons. The second-order valence-electron chi connectivity index (χ2n) is 7.61. The molecule has 1 amide bonds. The Morgan fingerprint density at radius 2 is 1.76 bits per heavy atom. The van der Waals surface area contributed by atoms with E-state index in [2.05, 4.69) is 42.4 Å². The summed E-state index contributed by atoms with van der Waals surface area (Å²) in [5.41, 5.74) is 5.01. The van der Waals surface area contributed by atoms with E-state index in [1.165, 1.54) is 0 Å². The first-order valence-corrected chi connectivity index (χ1v) is 12.1. The average Bonchev–Trinajstić information content (AvgIpc) is 3.26. The molecule has 0 fully saturated rings. The van der Waals surface area contributed by atoms with Crippen molar-refractivity contribution in [1.29, 1.82) is 0 Å². The quantitative estimate of drug-likeness (QED) is 0.168. The number of ether oxygens (including phenoxy) is 1. The van der Waals surface area contributed by atoms with Crippen LogP contribution in [0, 0.1) is 0 Å². The fourth-order valence-corrected chi connectivity index (χ4v) is 4.48. The van der Waals surface area contributed by atoms with E-state index >= 15 is 0 Å². The molecule has 0 aliphatic rings. The summed E-state index contributed by atoms with van der Waals surface area (Å²) < 4.78 is 13.7. The van der Waals surface area contributed by atoms with Gasteiger partial charge in [-0.1, -0.05) is 74.3 Å². The van der Waals surface area contributed by atoms with Crippen molar-refractivity contribution in [2.75, 3.05) is 0 Å². The van der Waals surface area contributed by atoms with Crippen molar-refractivity contribution < 1.29 is 13.9 Å². The molecule has 0 unspecified atom stereocenters. The second-order valence-corrected chi connectivity index (χ2v) is 9.44. The molecule has 0 radical (unpaired) electrons. The molecule has 5 nitrogen and oxygen atoms in total. The predicted octanol–water partition coefficient (Wildman–Crippen LogP) is 7.45. The molecular weight excluding hydrogens is 560 g/mol. The highest BCUT2D eigenvalue weighted by atomic mass is 79.9. The van der Waals surface area contributed by atoms with Gasteiger partial charge in [0.15, 0.2) is 5.76 Å². The van der Waals surface area contributed by atoms with Gasteiger partial charge in [-0.25, -0.2) is 5.43 Å². The summed E-state index contributed by atoms with van der Waals surface area (Å²) in [4.78, 5) is 12.6. The van der Waals surface area contributed by atoms with Crippen LogP contribution in [0.4, 0.5) is 0 Å². The lowest BCUT2D eigenvalue weighted by molar-refractivity contribution is 0.0929. The maximum atomic E-state index is 12.6. The van der Waals surface area contributed by atoms with Gasteiger partial charge in [0.05, 0.1) is 6.21 Å². The Labute approximate surface area is 212 Å². The Bertz CT molecular complexity index is 1540. The van der Waals surface area contributed by atoms with Crippen molar-refractivity contribution in [2.45, 2.75) is 6.61 Å². The SMILES string of the molecule is O=C(N/N=C/c1c(OCc2cccc(Br)c2)ccc2ccccc12)c1cc2cc(Br)ccc2o1. The zero-order valence-corrected chi connectivity index (χ0v) is 21.0. The molecule has 0 spiro atoms. The number of nitrogens with zero attached hydrogens (tertiary/aromatic N) is 1. The van der Waals surface area contributed by atoms with Crippen LogP contribution in [0.25, 0.3) is 21.7 Å². The molecule has 5 rings (SSSR count). The van der Waals surface area contributed by atoms with Gasteiger partial charge in [0.2, 0.25) is 0 Å². The molecule has 4 aromatic carbocycles. The summed E-state index contributed by atoms with van der Waals surface area (Å²) in [6.07, 6.45) is 1.61. The van der Waals surface area contributed by atoms with Crippen molar-refractivity contribution in [2.24, 2.45) is 5.10 Å². The van der Waals surface area contributed by atoms with Gasteiger partial charge >= 0.3 is 5.91 Å². The normalized spacial score (nSPS) is 11.4. The Kier molecular flexibility index (Phi) is 6.47. The third kappa shape index (κ3) is 4.90. The first kappa shape index (κ1) is 22.4. The summed E-state index contributed by atoms with van der Waals surface area (Å²) in [5, 5.41) is 7.06. The van der Waals surface area contributed by atoms with E-state index in [0.717, 1.165) is 36.2 Å². The van der Waals surface area contributed by atoms with E-state index in [1.807, 2.05) is 78.9 Å². The van der Waals surface area contributed by atoms with Crippen molar-refractivity contribution in [3.8, 4) is 5.75 Å². The molecular formula is C27H18Br2N2O3. The Morgan fingerprint density at radius 1 is 0.912 bits per heavy atom. The highest BCUT2D eigenvalue weighted by Crippen LogP contribution is 2.28. The Balaban J connectivity index is 1.39. The Hall–Kier alpha value is -3.42. The van der Waals surface area contributed by atoms with Crippen LogP contribution >= 0.6 is 31.9 Å². The molecule has 0 aliphatic heterocycles. The lowest BCUT2D eigenvalue weighted by atomic mass is 10.0. The van der Waals surface area contributed by atoms with Crippen LogP contribution in [-0.2, 0) is 6.61 Å². The monoisotopic (exact) mass is 576 g/mol. The number of amides is 1. The molecule has 1 heterocycles. The first-order valence-electron chi connectivity index (χ1n) is 10.5. The highest BCUT2D eigenvalue weighted by molar-refractivity contribution is 9.10. The maximum absolute atomic E-state index is 12.6. The lowest BCUT2D eigenvalue weighted by Gasteiger charge is -2.12. The van der Waals surface area contributed by atoms with Crippen LogP contribution in [0.5, 0.6) is 5.75 Å². The molecule has 0 atom stereocenters. The van der Waals surface area contributed by atoms with Crippen molar-refractivity contribution in [1.82, 2.24) is 5.43 Å². The number of benzene rings is 4. The number of hydrogen-bond donors (Lipinski definition) is 1. The molecule has 0 aliphatic carbocycles. The summed E-state index contributed by atoms with van der Waals surface area (Å²) in [7, 11) is 0. The van der Waals surface area contributed by atoms with Gasteiger partial charge in [-0.15, -0.1) is 0 Å². The van der Waals surface area contributed by atoms with Gasteiger partial charge in [0, 0.05) is 19.9 Å². The van der Waals surface area contributed by atoms with E-state index < -0.39 is 5.91 Å². The number of halogens is 2. The smallest absolute Gasteiger partial charge is 0.307 e. The van der Waals surface area contributed by atoms with Crippen LogP contribution < -0.4 is 10.2 Å². The number of nitrogens with one attached hydrogen (secondary N) is 1. The maximum Gasteiger partial charge on any atom is 0.307 e. The molecule has 0 saturated heterocycles. The molecule has 1 N–H and O–H groups in total. The van der Waals surface area contributed by atoms with Gasteiger partial charge in [-0.3, -0.25) is 4.79 Å². The van der Waals surface area contributed by atoms with Crippen LogP contribution in [0.2, 0.25) is 0 Å². The summed E-state index contributed by atoms with van der Waals surface area (Å²) in [6.45, 7) is 0.402. The van der Waals surface area contributed by atoms with Gasteiger partial charge in [-0.2, -0.15) is 5.10 Å². The molecule has 5 aromatic rings. The number of hydrazone groups is 1. The predicted molar refractivity (Wildman–Crippen MR) is 141 cm³/mol. The van der Waals surface area contributed by atoms with Gasteiger partial charge in [0.25, 0.3) is 0 Å². The zero-order valence-electron chi connectivity index (χ0n) is 17.8. The average molecular weight is 578 g/mol. The van der Waals surface area contributed by atoms with Gasteiger partial charge in [-0.05, 0) is 58.8 Å². The fourth-order valence-electron chi connectivity index (χ4n) is 3.66. The molecule has 0 saturated carbocycles. The van der Waals surface area contributed by atoms with Gasteiger partial charge in [0.1, 0.15) is 17.9 Å². The van der Waals surface area contributed by atoms with E-state index in [4.69, 9.17) is 9.15 Å². The van der Waals surface area contributed by atoms with E-state index in [1.54, 1.807) is 12.3 Å². The number of rotatable bonds is 6. The third-order valence-electron chi connectivity index (χ3n) is 5.28. The highest BCUT2D eigenvalue weighted by Gasteiger charge is 2.13. The summed E-state index contributed by atoms with van der Waals surface area (Å²) in [5.74, 6) is 0.431. The van der Waals surface area contributed by atoms with Crippen molar-refractivity contribution >= 4 is 65.7 Å². The molecule has 34 heavy (non-hydrogen) atoms. The molecule has 7 heteroatoms. The fraction of sp³-hybridized carbons (Fsp3) is 0.0370. The Morgan fingerprint density at radius 3 is 2.65 bits per heavy atom. The summed E-state index contributed by atoms with van der Waals surface area (Å²) in [6, 6.07) is 27.1. The molecule has 0 bridgehead atoms. The first-order chi connectivity index (χ1) is 16.6. The standard InChI is InChI=1S/C27H18Br2N2O3/c28-20-6-3-4-17(12-20)16-33-25-10-8-18-5-1-2-7-22(18)23(25)15-30-31-27(32)26-14-19-13-21(29)9-11-24(19)34-26/h1-15H,16H2,(H,31,32)/b30-15+. The topological polar surface area (TPSA) is 63.8 Å². The second kappa shape index (κ2) is 9.83. The largest absolute Gasteiger partial charge is 0.488 e. The minimum Gasteiger partial charge on any atom is -0.488 e. The minimum absolute atomic E-state index is 0.189. The van der Waals surface area contributed by atoms with E-state index in [9.17, 15) is 4.79 Å². The summed E-state index contributed by atoms with van der Waals surface area (Å²) >= 11 is 6.91. The molecule has 1 aromatic heterocycles. The van der Waals surface area contributed by atoms with Crippen LogP contribution in [0.15, 0.2) is 103 Å². The van der Waals surface area contributed by atoms with Crippen LogP contribution in [0.3, 0.4) is 0 Å². The van der Waals surface area contributed by atoms with Crippen molar-refractivity contribution in [3.63, 3.8) is 0 Å². The van der Waals surface area contributed by atoms with E-state index in [-0.39, 0.29) is 5.76 Å². The number of furan rings is 1. The zero-order chi connectivity index (χ0) is 23.5. The number of fused-ring (bicyclic) bond motifs is 2. The van der Waals surface area contributed by atoms with Crippen molar-refractivity contribution in [3.05, 3.63) is 111 Å². The minimum atomic E-state index is -0.430. The number of carbonyl (C=O) groups excluding carboxylic acids is 1. The van der Waals surface area contributed by atoms with E-state index in [0.29, 0.717) is 17.9 Å². The van der Waals surface area contributed by atoms with Gasteiger partial charge < -0.3 is 9.15 Å².